The van der Waals surface area contributed by atoms with Crippen LogP contribution in [0.4, 0.5) is 0 Å². The topological polar surface area (TPSA) is 37.8 Å². The van der Waals surface area contributed by atoms with Crippen molar-refractivity contribution in [1.82, 2.24) is 15.3 Å². The summed E-state index contributed by atoms with van der Waals surface area (Å²) in [5.74, 6) is 0. The SMILES string of the molecule is CCNC(c1cccnc1)c1ccc2cccnc2c1. The maximum absolute atomic E-state index is 4.43. The van der Waals surface area contributed by atoms with Gasteiger partial charge in [-0.05, 0) is 35.9 Å². The smallest absolute Gasteiger partial charge is 0.0705 e. The molecular weight excluding hydrogens is 246 g/mol. The molecule has 0 spiro atoms. The molecule has 0 aliphatic carbocycles. The van der Waals surface area contributed by atoms with E-state index in [0.717, 1.165) is 17.4 Å². The van der Waals surface area contributed by atoms with Crippen molar-refractivity contribution in [3.63, 3.8) is 0 Å². The van der Waals surface area contributed by atoms with Crippen molar-refractivity contribution in [3.8, 4) is 0 Å². The monoisotopic (exact) mass is 263 g/mol. The Balaban J connectivity index is 2.05. The zero-order valence-electron chi connectivity index (χ0n) is 11.5. The summed E-state index contributed by atoms with van der Waals surface area (Å²) in [6, 6.07) is 14.7. The van der Waals surface area contributed by atoms with Gasteiger partial charge in [-0.15, -0.1) is 0 Å². The van der Waals surface area contributed by atoms with Crippen LogP contribution in [0.25, 0.3) is 10.9 Å². The van der Waals surface area contributed by atoms with Gasteiger partial charge in [0, 0.05) is 24.0 Å². The van der Waals surface area contributed by atoms with E-state index in [9.17, 15) is 0 Å². The molecule has 0 saturated carbocycles. The van der Waals surface area contributed by atoms with Crippen molar-refractivity contribution in [2.24, 2.45) is 0 Å². The van der Waals surface area contributed by atoms with Crippen molar-refractivity contribution >= 4 is 10.9 Å². The number of benzene rings is 1. The fourth-order valence-corrected chi connectivity index (χ4v) is 2.44. The van der Waals surface area contributed by atoms with Crippen LogP contribution in [0.5, 0.6) is 0 Å². The third-order valence-electron chi connectivity index (χ3n) is 3.39. The molecule has 3 heteroatoms. The molecule has 0 fully saturated rings. The Hall–Kier alpha value is -2.26. The lowest BCUT2D eigenvalue weighted by Crippen LogP contribution is -2.22. The van der Waals surface area contributed by atoms with Gasteiger partial charge in [0.05, 0.1) is 11.6 Å². The second-order valence-electron chi connectivity index (χ2n) is 4.73. The fourth-order valence-electron chi connectivity index (χ4n) is 2.44. The number of hydrogen-bond donors (Lipinski definition) is 1. The average Bonchev–Trinajstić information content (AvgIpc) is 2.53. The average molecular weight is 263 g/mol. The minimum Gasteiger partial charge on any atom is -0.306 e. The molecule has 100 valence electrons. The van der Waals surface area contributed by atoms with Gasteiger partial charge in [-0.3, -0.25) is 9.97 Å². The predicted molar refractivity (Wildman–Crippen MR) is 81.5 cm³/mol. The van der Waals surface area contributed by atoms with Crippen molar-refractivity contribution in [3.05, 3.63) is 72.2 Å². The predicted octanol–water partition coefficient (Wildman–Crippen LogP) is 3.33. The second-order valence-corrected chi connectivity index (χ2v) is 4.73. The third-order valence-corrected chi connectivity index (χ3v) is 3.39. The van der Waals surface area contributed by atoms with Crippen LogP contribution in [0.15, 0.2) is 61.1 Å². The molecule has 0 aliphatic heterocycles. The first-order chi connectivity index (χ1) is 9.88. The van der Waals surface area contributed by atoms with Crippen LogP contribution in [0.3, 0.4) is 0 Å². The molecule has 1 aromatic carbocycles. The summed E-state index contributed by atoms with van der Waals surface area (Å²) in [5.41, 5.74) is 3.41. The quantitative estimate of drug-likeness (QED) is 0.784. The van der Waals surface area contributed by atoms with E-state index in [4.69, 9.17) is 0 Å². The second kappa shape index (κ2) is 5.80. The van der Waals surface area contributed by atoms with E-state index in [2.05, 4.69) is 52.5 Å². The van der Waals surface area contributed by atoms with Crippen molar-refractivity contribution in [2.75, 3.05) is 6.54 Å². The van der Waals surface area contributed by atoms with Gasteiger partial charge in [-0.2, -0.15) is 0 Å². The molecule has 3 rings (SSSR count). The summed E-state index contributed by atoms with van der Waals surface area (Å²) in [7, 11) is 0. The Labute approximate surface area is 118 Å². The molecule has 2 heterocycles. The lowest BCUT2D eigenvalue weighted by molar-refractivity contribution is 0.629. The van der Waals surface area contributed by atoms with E-state index in [1.165, 1.54) is 11.1 Å². The summed E-state index contributed by atoms with van der Waals surface area (Å²) in [6.45, 7) is 3.02. The molecule has 3 aromatic rings. The Bertz CT molecular complexity index is 695. The Morgan fingerprint density at radius 3 is 2.75 bits per heavy atom. The Morgan fingerprint density at radius 1 is 1.05 bits per heavy atom. The summed E-state index contributed by atoms with van der Waals surface area (Å²) in [6.07, 6.45) is 5.54. The number of pyridine rings is 2. The van der Waals surface area contributed by atoms with E-state index in [0.29, 0.717) is 0 Å². The summed E-state index contributed by atoms with van der Waals surface area (Å²) < 4.78 is 0. The van der Waals surface area contributed by atoms with E-state index in [-0.39, 0.29) is 6.04 Å². The van der Waals surface area contributed by atoms with Gasteiger partial charge in [0.15, 0.2) is 0 Å². The van der Waals surface area contributed by atoms with Crippen LogP contribution in [-0.4, -0.2) is 16.5 Å². The number of rotatable bonds is 4. The molecule has 1 atom stereocenters. The van der Waals surface area contributed by atoms with Crippen molar-refractivity contribution < 1.29 is 0 Å². The van der Waals surface area contributed by atoms with E-state index < -0.39 is 0 Å². The lowest BCUT2D eigenvalue weighted by atomic mass is 9.99. The maximum Gasteiger partial charge on any atom is 0.0705 e. The Kier molecular flexibility index (Phi) is 3.70. The number of nitrogens with zero attached hydrogens (tertiary/aromatic N) is 2. The van der Waals surface area contributed by atoms with E-state index >= 15 is 0 Å². The third kappa shape index (κ3) is 2.53. The molecule has 20 heavy (non-hydrogen) atoms. The summed E-state index contributed by atoms with van der Waals surface area (Å²) in [5, 5.41) is 4.68. The van der Waals surface area contributed by atoms with Crippen LogP contribution < -0.4 is 5.32 Å². The maximum atomic E-state index is 4.43. The molecule has 1 unspecified atom stereocenters. The number of aromatic nitrogens is 2. The van der Waals surface area contributed by atoms with Crippen LogP contribution in [0, 0.1) is 0 Å². The largest absolute Gasteiger partial charge is 0.306 e. The summed E-state index contributed by atoms with van der Waals surface area (Å²) >= 11 is 0. The molecule has 1 N–H and O–H groups in total. The number of hydrogen-bond acceptors (Lipinski definition) is 3. The van der Waals surface area contributed by atoms with E-state index in [1.807, 2.05) is 24.5 Å². The normalized spacial score (nSPS) is 12.4. The first kappa shape index (κ1) is 12.8. The molecule has 0 amide bonds. The standard InChI is InChI=1S/C17H17N3/c1-2-19-17(15-6-3-9-18-12-15)14-8-7-13-5-4-10-20-16(13)11-14/h3-12,17,19H,2H2,1H3. The zero-order valence-corrected chi connectivity index (χ0v) is 11.5. The number of nitrogens with one attached hydrogen (secondary N) is 1. The number of fused-ring (bicyclic) bond motifs is 1. The fraction of sp³-hybridized carbons (Fsp3) is 0.176. The van der Waals surface area contributed by atoms with E-state index in [1.54, 1.807) is 6.20 Å². The first-order valence-electron chi connectivity index (χ1n) is 6.86. The molecular formula is C17H17N3. The van der Waals surface area contributed by atoms with Crippen LogP contribution in [0.1, 0.15) is 24.1 Å². The molecule has 0 radical (unpaired) electrons. The highest BCUT2D eigenvalue weighted by molar-refractivity contribution is 5.79. The first-order valence-corrected chi connectivity index (χ1v) is 6.86. The van der Waals surface area contributed by atoms with Gasteiger partial charge in [0.25, 0.3) is 0 Å². The van der Waals surface area contributed by atoms with Crippen molar-refractivity contribution in [2.45, 2.75) is 13.0 Å². The van der Waals surface area contributed by atoms with Crippen LogP contribution in [-0.2, 0) is 0 Å². The van der Waals surface area contributed by atoms with Gasteiger partial charge in [-0.1, -0.05) is 31.2 Å². The highest BCUT2D eigenvalue weighted by Gasteiger charge is 2.13. The molecule has 0 aliphatic rings. The molecule has 0 bridgehead atoms. The van der Waals surface area contributed by atoms with Gasteiger partial charge >= 0.3 is 0 Å². The van der Waals surface area contributed by atoms with Crippen LogP contribution >= 0.6 is 0 Å². The highest BCUT2D eigenvalue weighted by atomic mass is 14.9. The molecule has 3 nitrogen and oxygen atoms in total. The van der Waals surface area contributed by atoms with Crippen LogP contribution in [0.2, 0.25) is 0 Å². The lowest BCUT2D eigenvalue weighted by Gasteiger charge is -2.18. The minimum atomic E-state index is 0.153. The van der Waals surface area contributed by atoms with Gasteiger partial charge in [0.2, 0.25) is 0 Å². The van der Waals surface area contributed by atoms with Gasteiger partial charge in [-0.25, -0.2) is 0 Å². The van der Waals surface area contributed by atoms with Gasteiger partial charge in [0.1, 0.15) is 0 Å². The van der Waals surface area contributed by atoms with Gasteiger partial charge < -0.3 is 5.32 Å². The van der Waals surface area contributed by atoms with Crippen molar-refractivity contribution in [1.29, 1.82) is 0 Å². The molecule has 0 saturated heterocycles. The molecule has 2 aromatic heterocycles. The zero-order chi connectivity index (χ0) is 13.8. The summed E-state index contributed by atoms with van der Waals surface area (Å²) in [4.78, 5) is 8.65. The minimum absolute atomic E-state index is 0.153. The Morgan fingerprint density at radius 2 is 1.95 bits per heavy atom. The highest BCUT2D eigenvalue weighted by Crippen LogP contribution is 2.24.